The number of hydrogen-bond acceptors (Lipinski definition) is 7. The maximum atomic E-state index is 13.0. The predicted molar refractivity (Wildman–Crippen MR) is 129 cm³/mol. The monoisotopic (exact) mass is 482 g/mol. The lowest BCUT2D eigenvalue weighted by Crippen LogP contribution is -2.14. The van der Waals surface area contributed by atoms with E-state index in [9.17, 15) is 8.42 Å². The van der Waals surface area contributed by atoms with Gasteiger partial charge in [-0.3, -0.25) is 9.71 Å². The van der Waals surface area contributed by atoms with Crippen molar-refractivity contribution in [2.75, 3.05) is 23.7 Å². The molecule has 0 aliphatic carbocycles. The molecule has 0 fully saturated rings. The molecule has 3 rings (SSSR count). The molecule has 2 heterocycles. The third-order valence-corrected chi connectivity index (χ3v) is 6.85. The number of sulfonamides is 1. The molecule has 1 aromatic carbocycles. The van der Waals surface area contributed by atoms with Crippen molar-refractivity contribution in [3.8, 4) is 17.1 Å². The first-order chi connectivity index (χ1) is 14.4. The Hall–Kier alpha value is -2.36. The third kappa shape index (κ3) is 6.32. The van der Waals surface area contributed by atoms with Gasteiger partial charge in [0, 0.05) is 12.7 Å². The van der Waals surface area contributed by atoms with Crippen LogP contribution in [0.2, 0.25) is 0 Å². The van der Waals surface area contributed by atoms with Gasteiger partial charge in [-0.15, -0.1) is 12.4 Å². The van der Waals surface area contributed by atoms with Crippen LogP contribution in [0.4, 0.5) is 10.1 Å². The van der Waals surface area contributed by atoms with Crippen LogP contribution in [0.1, 0.15) is 31.7 Å². The van der Waals surface area contributed by atoms with E-state index in [0.717, 1.165) is 36.4 Å². The summed E-state index contributed by atoms with van der Waals surface area (Å²) in [6.45, 7) is 4.77. The number of aryl methyl sites for hydroxylation is 1. The highest BCUT2D eigenvalue weighted by molar-refractivity contribution is 7.93. The number of nitrogens with one attached hydrogen (secondary N) is 2. The number of unbranched alkanes of at least 4 members (excludes halogenated alkanes) is 2. The van der Waals surface area contributed by atoms with Crippen LogP contribution in [-0.4, -0.2) is 32.0 Å². The average molecular weight is 483 g/mol. The fourth-order valence-electron chi connectivity index (χ4n) is 2.90. The van der Waals surface area contributed by atoms with Gasteiger partial charge in [-0.05, 0) is 43.2 Å². The van der Waals surface area contributed by atoms with Crippen molar-refractivity contribution in [1.29, 1.82) is 0 Å². The van der Waals surface area contributed by atoms with Crippen LogP contribution in [-0.2, 0) is 10.0 Å². The Kier molecular flexibility index (Phi) is 9.09. The van der Waals surface area contributed by atoms with Crippen LogP contribution in [0.5, 0.6) is 5.75 Å². The molecular weight excluding hydrogens is 456 g/mol. The van der Waals surface area contributed by atoms with E-state index in [2.05, 4.69) is 26.9 Å². The Morgan fingerprint density at radius 1 is 1.16 bits per heavy atom. The van der Waals surface area contributed by atoms with Crippen LogP contribution in [0, 0.1) is 6.92 Å². The molecule has 0 saturated heterocycles. The van der Waals surface area contributed by atoms with Gasteiger partial charge < -0.3 is 10.1 Å². The molecule has 168 valence electrons. The van der Waals surface area contributed by atoms with E-state index in [1.807, 2.05) is 25.1 Å². The zero-order chi connectivity index (χ0) is 21.6. The quantitative estimate of drug-likeness (QED) is 0.378. The van der Waals surface area contributed by atoms with Gasteiger partial charge in [0.25, 0.3) is 10.0 Å². The number of ether oxygens (including phenoxy) is 1. The predicted octanol–water partition coefficient (Wildman–Crippen LogP) is 5.35. The molecule has 0 saturated carbocycles. The van der Waals surface area contributed by atoms with Gasteiger partial charge in [0.05, 0.1) is 12.8 Å². The normalized spacial score (nSPS) is 10.9. The third-order valence-electron chi connectivity index (χ3n) is 4.43. The molecule has 0 amide bonds. The molecule has 0 atom stereocenters. The lowest BCUT2D eigenvalue weighted by molar-refractivity contribution is 0.402. The van der Waals surface area contributed by atoms with E-state index in [0.29, 0.717) is 11.4 Å². The number of nitrogens with zero attached hydrogens (tertiary/aromatic N) is 2. The Morgan fingerprint density at radius 3 is 2.65 bits per heavy atom. The first-order valence-electron chi connectivity index (χ1n) is 9.78. The number of aromatic nitrogens is 2. The molecule has 0 spiro atoms. The van der Waals surface area contributed by atoms with E-state index >= 15 is 0 Å². The van der Waals surface area contributed by atoms with Crippen molar-refractivity contribution in [1.82, 2.24) is 9.97 Å². The fourth-order valence-corrected chi connectivity index (χ4v) is 5.29. The number of hydrogen-bond donors (Lipinski definition) is 2. The van der Waals surface area contributed by atoms with Crippen molar-refractivity contribution >= 4 is 43.9 Å². The lowest BCUT2D eigenvalue weighted by atomic mass is 10.2. The summed E-state index contributed by atoms with van der Waals surface area (Å²) in [5.74, 6) is 0.285. The second kappa shape index (κ2) is 11.3. The Balaban J connectivity index is 0.00000341. The summed E-state index contributed by atoms with van der Waals surface area (Å²) in [6, 6.07) is 10.6. The largest absolute Gasteiger partial charge is 0.495 e. The van der Waals surface area contributed by atoms with E-state index in [1.165, 1.54) is 18.4 Å². The number of halogens is 1. The van der Waals surface area contributed by atoms with Crippen LogP contribution in [0.3, 0.4) is 0 Å². The molecule has 0 aliphatic heterocycles. The molecule has 7 nitrogen and oxygen atoms in total. The Labute approximate surface area is 193 Å². The molecule has 3 aromatic rings. The number of rotatable bonds is 10. The SMILES string of the molecule is CCCCCNc1sc(NS(=O)(=O)c2cc(C)ccc2OC)nc1-c1ccccn1.Cl. The number of anilines is 2. The topological polar surface area (TPSA) is 93.2 Å². The molecule has 31 heavy (non-hydrogen) atoms. The first kappa shape index (κ1) is 24.9. The summed E-state index contributed by atoms with van der Waals surface area (Å²) in [5, 5.41) is 4.45. The summed E-state index contributed by atoms with van der Waals surface area (Å²) in [4.78, 5) is 8.98. The van der Waals surface area contributed by atoms with Crippen LogP contribution in [0.15, 0.2) is 47.5 Å². The van der Waals surface area contributed by atoms with Crippen LogP contribution < -0.4 is 14.8 Å². The van der Waals surface area contributed by atoms with Crippen molar-refractivity contribution < 1.29 is 13.2 Å². The maximum absolute atomic E-state index is 13.0. The second-order valence-electron chi connectivity index (χ2n) is 6.81. The maximum Gasteiger partial charge on any atom is 0.267 e. The van der Waals surface area contributed by atoms with E-state index in [4.69, 9.17) is 4.74 Å². The van der Waals surface area contributed by atoms with Gasteiger partial charge in [0.1, 0.15) is 21.3 Å². The molecule has 0 unspecified atom stereocenters. The van der Waals surface area contributed by atoms with Crippen LogP contribution >= 0.6 is 23.7 Å². The smallest absolute Gasteiger partial charge is 0.267 e. The van der Waals surface area contributed by atoms with Crippen LogP contribution in [0.25, 0.3) is 11.4 Å². The first-order valence-corrected chi connectivity index (χ1v) is 12.1. The summed E-state index contributed by atoms with van der Waals surface area (Å²) >= 11 is 1.26. The lowest BCUT2D eigenvalue weighted by Gasteiger charge is -2.10. The number of methoxy groups -OCH3 is 1. The van der Waals surface area contributed by atoms with Gasteiger partial charge in [-0.1, -0.05) is 43.2 Å². The van der Waals surface area contributed by atoms with Gasteiger partial charge in [-0.2, -0.15) is 0 Å². The zero-order valence-electron chi connectivity index (χ0n) is 17.7. The summed E-state index contributed by atoms with van der Waals surface area (Å²) in [5.41, 5.74) is 2.14. The number of thiazole rings is 1. The zero-order valence-corrected chi connectivity index (χ0v) is 20.2. The highest BCUT2D eigenvalue weighted by Gasteiger charge is 2.23. The molecule has 10 heteroatoms. The minimum atomic E-state index is -3.87. The van der Waals surface area contributed by atoms with E-state index in [1.54, 1.807) is 24.4 Å². The van der Waals surface area contributed by atoms with Gasteiger partial charge in [0.2, 0.25) is 0 Å². The van der Waals surface area contributed by atoms with Gasteiger partial charge in [0.15, 0.2) is 5.13 Å². The molecule has 2 N–H and O–H groups in total. The standard InChI is InChI=1S/C21H26N4O3S2.ClH/c1-4-5-7-13-23-20-19(16-9-6-8-12-22-16)24-21(29-20)25-30(26,27)18-14-15(2)10-11-17(18)28-3;/h6,8-12,14,23H,4-5,7,13H2,1-3H3,(H,24,25);1H. The summed E-state index contributed by atoms with van der Waals surface area (Å²) in [6.07, 6.45) is 4.97. The van der Waals surface area contributed by atoms with Crippen molar-refractivity contribution in [2.45, 2.75) is 38.0 Å². The van der Waals surface area contributed by atoms with Gasteiger partial charge >= 0.3 is 0 Å². The summed E-state index contributed by atoms with van der Waals surface area (Å²) in [7, 11) is -2.42. The van der Waals surface area contributed by atoms with E-state index in [-0.39, 0.29) is 28.2 Å². The summed E-state index contributed by atoms with van der Waals surface area (Å²) < 4.78 is 33.9. The van der Waals surface area contributed by atoms with Crippen molar-refractivity contribution in [3.63, 3.8) is 0 Å². The minimum Gasteiger partial charge on any atom is -0.495 e. The molecule has 0 radical (unpaired) electrons. The van der Waals surface area contributed by atoms with E-state index < -0.39 is 10.0 Å². The molecule has 0 bridgehead atoms. The van der Waals surface area contributed by atoms with Gasteiger partial charge in [-0.25, -0.2) is 13.4 Å². The molecule has 2 aromatic heterocycles. The average Bonchev–Trinajstić information content (AvgIpc) is 3.13. The Bertz CT molecular complexity index is 1090. The Morgan fingerprint density at radius 2 is 1.97 bits per heavy atom. The molecule has 0 aliphatic rings. The van der Waals surface area contributed by atoms with Crippen molar-refractivity contribution in [3.05, 3.63) is 48.2 Å². The highest BCUT2D eigenvalue weighted by Crippen LogP contribution is 2.36. The molecular formula is C21H27ClN4O3S2. The fraction of sp³-hybridized carbons (Fsp3) is 0.333. The highest BCUT2D eigenvalue weighted by atomic mass is 35.5. The number of pyridine rings is 1. The number of benzene rings is 1. The second-order valence-corrected chi connectivity index (χ2v) is 9.46. The van der Waals surface area contributed by atoms with Crippen molar-refractivity contribution in [2.24, 2.45) is 0 Å². The minimum absolute atomic E-state index is 0.